The van der Waals surface area contributed by atoms with Crippen LogP contribution < -0.4 is 10.7 Å². The molecule has 6 heterocycles. The van der Waals surface area contributed by atoms with Crippen LogP contribution in [0.4, 0.5) is 0 Å². The predicted octanol–water partition coefficient (Wildman–Crippen LogP) is 5.88. The van der Waals surface area contributed by atoms with Crippen LogP contribution in [0, 0.1) is 29.1 Å². The van der Waals surface area contributed by atoms with Gasteiger partial charge in [-0.3, -0.25) is 38.9 Å². The molecule has 16 heteroatoms. The number of esters is 1. The number of ether oxygens (including phenoxy) is 2. The average molecular weight is 985 g/mol. The maximum Gasteiger partial charge on any atom is 0.324 e. The Labute approximate surface area is 423 Å². The van der Waals surface area contributed by atoms with Crippen molar-refractivity contribution in [3.63, 3.8) is 0 Å². The van der Waals surface area contributed by atoms with Crippen molar-refractivity contribution >= 4 is 40.5 Å². The largest absolute Gasteiger partial charge is 0.508 e. The van der Waals surface area contributed by atoms with Crippen molar-refractivity contribution in [1.82, 2.24) is 40.0 Å². The molecule has 6 atom stereocenters. The van der Waals surface area contributed by atoms with E-state index in [0.29, 0.717) is 49.9 Å². The van der Waals surface area contributed by atoms with Crippen LogP contribution in [0.15, 0.2) is 54.7 Å². The number of pyridine rings is 1. The average Bonchev–Trinajstić information content (AvgIpc) is 4.10. The molecule has 0 spiro atoms. The lowest BCUT2D eigenvalue weighted by atomic mass is 9.84. The van der Waals surface area contributed by atoms with Crippen molar-refractivity contribution in [1.29, 1.82) is 0 Å². The first-order valence-corrected chi connectivity index (χ1v) is 25.7. The zero-order valence-corrected chi connectivity index (χ0v) is 43.4. The van der Waals surface area contributed by atoms with Gasteiger partial charge in [0.1, 0.15) is 23.9 Å². The number of nitrogens with one attached hydrogen (secondary N) is 2. The van der Waals surface area contributed by atoms with Crippen molar-refractivity contribution in [2.24, 2.45) is 17.3 Å². The first-order chi connectivity index (χ1) is 34.4. The fourth-order valence-electron chi connectivity index (χ4n) is 11.1. The van der Waals surface area contributed by atoms with Gasteiger partial charge in [-0.2, -0.15) is 0 Å². The van der Waals surface area contributed by atoms with Gasteiger partial charge in [0, 0.05) is 74.8 Å². The van der Waals surface area contributed by atoms with Crippen LogP contribution in [0.5, 0.6) is 5.75 Å². The van der Waals surface area contributed by atoms with Gasteiger partial charge >= 0.3 is 5.97 Å². The number of hydrazine groups is 1. The van der Waals surface area contributed by atoms with Crippen LogP contribution in [-0.2, 0) is 52.8 Å². The summed E-state index contributed by atoms with van der Waals surface area (Å²) in [5, 5.41) is 16.8. The summed E-state index contributed by atoms with van der Waals surface area (Å²) in [7, 11) is 5.27. The molecule has 4 aliphatic heterocycles. The third-order valence-electron chi connectivity index (χ3n) is 15.0. The summed E-state index contributed by atoms with van der Waals surface area (Å²) in [4.78, 5) is 80.9. The van der Waals surface area contributed by atoms with E-state index in [0.717, 1.165) is 58.4 Å². The highest BCUT2D eigenvalue weighted by atomic mass is 16.5. The number of likely N-dealkylation sites (N-methyl/N-ethyl adjacent to an activating group) is 1. The van der Waals surface area contributed by atoms with E-state index in [-0.39, 0.29) is 61.7 Å². The number of hydrogen-bond acceptors (Lipinski definition) is 11. The Hall–Kier alpha value is -6.28. The fraction of sp³-hybridized carbons (Fsp3) is 0.536. The summed E-state index contributed by atoms with van der Waals surface area (Å²) < 4.78 is 14.2. The minimum Gasteiger partial charge on any atom is -0.508 e. The zero-order chi connectivity index (χ0) is 51.6. The van der Waals surface area contributed by atoms with E-state index in [1.807, 2.05) is 46.0 Å². The number of methoxy groups -OCH3 is 1. The molecule has 4 aromatic rings. The van der Waals surface area contributed by atoms with Gasteiger partial charge in [-0.05, 0) is 136 Å². The highest BCUT2D eigenvalue weighted by molar-refractivity contribution is 5.97. The number of phenols is 1. The third kappa shape index (κ3) is 11.0. The SMILES string of the molecule is CCn1c(-c2cccnc2[C@H](C)OC)c2c3cc(ccc31)-c1cc(O)cc(c1)C[C@H](NC(=O)[C@H](C(C)C)N(C)C(=O)[C@H]1CCN(C(=O)C#C[C@@H]3CCCN3C)C1)C(=O)N1CCC[C@H](N1)C(=O)OCC(C)(C)C2. The molecule has 3 saturated heterocycles. The first kappa shape index (κ1) is 52.1. The van der Waals surface area contributed by atoms with Crippen molar-refractivity contribution in [2.75, 3.05) is 54.0 Å². The number of hydrogen-bond donors (Lipinski definition) is 3. The number of phenolic OH excluding ortho intramolecular Hbond substituents is 1. The van der Waals surface area contributed by atoms with Crippen LogP contribution in [-0.4, -0.2) is 142 Å². The summed E-state index contributed by atoms with van der Waals surface area (Å²) in [6.07, 6.45) is 5.35. The van der Waals surface area contributed by atoms with Gasteiger partial charge < -0.3 is 34.3 Å². The van der Waals surface area contributed by atoms with E-state index in [1.165, 1.54) is 9.91 Å². The number of nitrogens with zero attached hydrogens (tertiary/aromatic N) is 6. The number of aryl methyl sites for hydroxylation is 1. The van der Waals surface area contributed by atoms with Gasteiger partial charge in [0.2, 0.25) is 11.8 Å². The van der Waals surface area contributed by atoms with Gasteiger partial charge in [0.25, 0.3) is 11.8 Å². The smallest absolute Gasteiger partial charge is 0.324 e. The number of rotatable bonds is 9. The maximum atomic E-state index is 14.8. The molecule has 2 aromatic heterocycles. The molecule has 6 bridgehead atoms. The monoisotopic (exact) mass is 985 g/mol. The molecular formula is C56H72N8O8. The second kappa shape index (κ2) is 21.8. The molecule has 0 saturated carbocycles. The van der Waals surface area contributed by atoms with Crippen molar-refractivity contribution in [3.05, 3.63) is 71.5 Å². The van der Waals surface area contributed by atoms with Gasteiger partial charge in [-0.1, -0.05) is 45.7 Å². The summed E-state index contributed by atoms with van der Waals surface area (Å²) in [6, 6.07) is 12.6. The Kier molecular flexibility index (Phi) is 15.8. The lowest BCUT2D eigenvalue weighted by molar-refractivity contribution is -0.155. The molecule has 0 aliphatic carbocycles. The molecule has 8 rings (SSSR count). The fourth-order valence-corrected chi connectivity index (χ4v) is 11.1. The number of aromatic nitrogens is 2. The van der Waals surface area contributed by atoms with Crippen molar-refractivity contribution in [2.45, 2.75) is 123 Å². The molecular weight excluding hydrogens is 913 g/mol. The van der Waals surface area contributed by atoms with Crippen LogP contribution in [0.2, 0.25) is 0 Å². The zero-order valence-electron chi connectivity index (χ0n) is 43.4. The van der Waals surface area contributed by atoms with Crippen LogP contribution in [0.3, 0.4) is 0 Å². The molecule has 2 aromatic carbocycles. The Bertz CT molecular complexity index is 2770. The Morgan fingerprint density at radius 2 is 1.81 bits per heavy atom. The first-order valence-electron chi connectivity index (χ1n) is 25.7. The molecule has 0 unspecified atom stereocenters. The molecule has 4 aliphatic rings. The summed E-state index contributed by atoms with van der Waals surface area (Å²) in [5.74, 6) is 2.95. The lowest BCUT2D eigenvalue weighted by Gasteiger charge is -2.37. The highest BCUT2D eigenvalue weighted by Gasteiger charge is 2.40. The summed E-state index contributed by atoms with van der Waals surface area (Å²) >= 11 is 0. The van der Waals surface area contributed by atoms with E-state index in [1.54, 1.807) is 37.4 Å². The van der Waals surface area contributed by atoms with E-state index in [2.05, 4.69) is 71.0 Å². The van der Waals surface area contributed by atoms with Gasteiger partial charge in [-0.15, -0.1) is 0 Å². The number of fused-ring (bicyclic) bond motifs is 6. The predicted molar refractivity (Wildman–Crippen MR) is 275 cm³/mol. The van der Waals surface area contributed by atoms with E-state index >= 15 is 0 Å². The minimum atomic E-state index is -1.17. The number of benzene rings is 2. The van der Waals surface area contributed by atoms with Gasteiger partial charge in [-0.25, -0.2) is 5.43 Å². The topological polar surface area (TPSA) is 179 Å². The maximum absolute atomic E-state index is 14.8. The minimum absolute atomic E-state index is 0.0125. The van der Waals surface area contributed by atoms with E-state index < -0.39 is 47.2 Å². The summed E-state index contributed by atoms with van der Waals surface area (Å²) in [6.45, 7) is 14.5. The normalized spacial score (nSPS) is 22.5. The van der Waals surface area contributed by atoms with Gasteiger partial charge in [0.05, 0.1) is 36.1 Å². The third-order valence-corrected chi connectivity index (χ3v) is 15.0. The lowest BCUT2D eigenvalue weighted by Crippen LogP contribution is -2.62. The molecule has 72 heavy (non-hydrogen) atoms. The number of amides is 4. The Balaban J connectivity index is 1.13. The molecule has 16 nitrogen and oxygen atoms in total. The van der Waals surface area contributed by atoms with E-state index in [4.69, 9.17) is 14.5 Å². The highest BCUT2D eigenvalue weighted by Crippen LogP contribution is 2.42. The van der Waals surface area contributed by atoms with Crippen LogP contribution in [0.1, 0.15) is 96.6 Å². The number of aromatic hydroxyl groups is 1. The second-order valence-electron chi connectivity index (χ2n) is 21.3. The molecule has 3 fully saturated rings. The molecule has 0 radical (unpaired) electrons. The molecule has 3 N–H and O–H groups in total. The number of cyclic esters (lactones) is 1. The van der Waals surface area contributed by atoms with Crippen LogP contribution in [0.25, 0.3) is 33.3 Å². The van der Waals surface area contributed by atoms with Gasteiger partial charge in [0.15, 0.2) is 0 Å². The van der Waals surface area contributed by atoms with Crippen LogP contribution >= 0.6 is 0 Å². The quantitative estimate of drug-likeness (QED) is 0.135. The standard InChI is InChI=1S/C56H72N8O8/c1-10-63-47-19-17-37-30-43(47)44(51(63)42-15-11-22-57-49(42)35(4)71-9)31-56(5,6)33-72-55(70)45-16-13-24-64(59-45)54(69)46(28-36-26-39(37)29-41(65)27-36)58-52(67)50(34(2)3)61(8)53(68)38-21-25-62(32-38)48(66)20-18-40-14-12-23-60(40)7/h11,15,17,19,22,26-27,29-30,34-35,38,40,45-46,50,59,65H,10,12-14,16,21,23-25,28,31-33H2,1-9H3,(H,58,67)/t35-,38-,40-,45-,46-,50-/m0/s1. The number of carbonyl (C=O) groups is 5. The van der Waals surface area contributed by atoms with Crippen molar-refractivity contribution in [3.8, 4) is 40.0 Å². The number of carbonyl (C=O) groups excluding carboxylic acids is 5. The number of likely N-dealkylation sites (tertiary alicyclic amines) is 2. The Morgan fingerprint density at radius 3 is 2.53 bits per heavy atom. The molecule has 4 amide bonds. The van der Waals surface area contributed by atoms with E-state index in [9.17, 15) is 29.1 Å². The molecule has 384 valence electrons. The Morgan fingerprint density at radius 1 is 1.03 bits per heavy atom. The summed E-state index contributed by atoms with van der Waals surface area (Å²) in [5.41, 5.74) is 9.54. The second-order valence-corrected chi connectivity index (χ2v) is 21.3. The van der Waals surface area contributed by atoms with Crippen molar-refractivity contribution < 1.29 is 38.6 Å².